The molecular formula is C15H27NO. The highest BCUT2D eigenvalue weighted by Gasteiger charge is 2.36. The molecule has 1 N–H and O–H groups in total. The van der Waals surface area contributed by atoms with Gasteiger partial charge in [-0.05, 0) is 52.0 Å². The standard InChI is InChI=1S/C15H27NO/c1-4-7-8-9-14(16-12-5-2)15(17-6-3)13-10-11-13/h13-16H,5-6,8-12H2,1-3H3. The van der Waals surface area contributed by atoms with Crippen molar-refractivity contribution in [2.75, 3.05) is 13.2 Å². The molecule has 1 rings (SSSR count). The lowest BCUT2D eigenvalue weighted by Gasteiger charge is -2.27. The lowest BCUT2D eigenvalue weighted by molar-refractivity contribution is 0.0174. The highest BCUT2D eigenvalue weighted by molar-refractivity contribution is 4.98. The quantitative estimate of drug-likeness (QED) is 0.623. The maximum absolute atomic E-state index is 5.95. The summed E-state index contributed by atoms with van der Waals surface area (Å²) in [6.45, 7) is 8.13. The van der Waals surface area contributed by atoms with Crippen LogP contribution in [0.25, 0.3) is 0 Å². The fourth-order valence-corrected chi connectivity index (χ4v) is 2.26. The average Bonchev–Trinajstić information content (AvgIpc) is 3.15. The maximum Gasteiger partial charge on any atom is 0.0756 e. The van der Waals surface area contributed by atoms with E-state index < -0.39 is 0 Å². The Bertz CT molecular complexity index is 249. The lowest BCUT2D eigenvalue weighted by atomic mass is 10.0. The Morgan fingerprint density at radius 3 is 2.65 bits per heavy atom. The second kappa shape index (κ2) is 8.55. The van der Waals surface area contributed by atoms with Gasteiger partial charge >= 0.3 is 0 Å². The highest BCUT2D eigenvalue weighted by atomic mass is 16.5. The van der Waals surface area contributed by atoms with Gasteiger partial charge in [-0.2, -0.15) is 0 Å². The van der Waals surface area contributed by atoms with Crippen molar-refractivity contribution in [1.82, 2.24) is 5.32 Å². The van der Waals surface area contributed by atoms with Gasteiger partial charge in [0.1, 0.15) is 0 Å². The van der Waals surface area contributed by atoms with Crippen molar-refractivity contribution in [2.45, 2.75) is 65.0 Å². The van der Waals surface area contributed by atoms with Gasteiger partial charge in [0.25, 0.3) is 0 Å². The zero-order valence-electron chi connectivity index (χ0n) is 11.6. The molecule has 1 saturated carbocycles. The van der Waals surface area contributed by atoms with Gasteiger partial charge in [0.2, 0.25) is 0 Å². The van der Waals surface area contributed by atoms with Crippen LogP contribution in [0.3, 0.4) is 0 Å². The molecule has 0 aromatic heterocycles. The van der Waals surface area contributed by atoms with Crippen LogP contribution in [0.5, 0.6) is 0 Å². The SMILES string of the molecule is CC#CCCC(NCCC)C(OCC)C1CC1. The molecule has 17 heavy (non-hydrogen) atoms. The number of hydrogen-bond donors (Lipinski definition) is 1. The molecular weight excluding hydrogens is 210 g/mol. The van der Waals surface area contributed by atoms with Crippen LogP contribution in [-0.2, 0) is 4.74 Å². The van der Waals surface area contributed by atoms with E-state index in [4.69, 9.17) is 4.74 Å². The van der Waals surface area contributed by atoms with E-state index in [9.17, 15) is 0 Å². The molecule has 0 aliphatic heterocycles. The topological polar surface area (TPSA) is 21.3 Å². The van der Waals surface area contributed by atoms with Crippen LogP contribution < -0.4 is 5.32 Å². The maximum atomic E-state index is 5.95. The molecule has 0 heterocycles. The van der Waals surface area contributed by atoms with Gasteiger partial charge in [0.15, 0.2) is 0 Å². The predicted molar refractivity (Wildman–Crippen MR) is 72.9 cm³/mol. The minimum Gasteiger partial charge on any atom is -0.377 e. The van der Waals surface area contributed by atoms with Crippen molar-refractivity contribution in [2.24, 2.45) is 5.92 Å². The summed E-state index contributed by atoms with van der Waals surface area (Å²) in [5.74, 6) is 6.93. The third kappa shape index (κ3) is 5.57. The van der Waals surface area contributed by atoms with Gasteiger partial charge in [0, 0.05) is 19.1 Å². The molecule has 0 spiro atoms. The third-order valence-electron chi connectivity index (χ3n) is 3.26. The Labute approximate surface area is 107 Å². The fraction of sp³-hybridized carbons (Fsp3) is 0.867. The molecule has 2 unspecified atom stereocenters. The van der Waals surface area contributed by atoms with E-state index in [1.807, 2.05) is 6.92 Å². The molecule has 0 saturated heterocycles. The van der Waals surface area contributed by atoms with Crippen molar-refractivity contribution in [3.8, 4) is 11.8 Å². The molecule has 0 bridgehead atoms. The first kappa shape index (κ1) is 14.5. The van der Waals surface area contributed by atoms with E-state index in [2.05, 4.69) is 31.0 Å². The summed E-state index contributed by atoms with van der Waals surface area (Å²) in [4.78, 5) is 0. The number of rotatable bonds is 9. The Kier molecular flexibility index (Phi) is 7.32. The van der Waals surface area contributed by atoms with Crippen LogP contribution in [0.2, 0.25) is 0 Å². The first-order chi connectivity index (χ1) is 8.33. The molecule has 1 aliphatic rings. The van der Waals surface area contributed by atoms with Crippen LogP contribution in [0, 0.1) is 17.8 Å². The van der Waals surface area contributed by atoms with Crippen LogP contribution in [0.4, 0.5) is 0 Å². The van der Waals surface area contributed by atoms with E-state index in [1.54, 1.807) is 0 Å². The van der Waals surface area contributed by atoms with Crippen molar-refractivity contribution in [3.63, 3.8) is 0 Å². The third-order valence-corrected chi connectivity index (χ3v) is 3.26. The molecule has 0 amide bonds. The Balaban J connectivity index is 2.46. The Hall–Kier alpha value is -0.520. The monoisotopic (exact) mass is 237 g/mol. The summed E-state index contributed by atoms with van der Waals surface area (Å²) in [5.41, 5.74) is 0. The van der Waals surface area contributed by atoms with Crippen molar-refractivity contribution >= 4 is 0 Å². The largest absolute Gasteiger partial charge is 0.377 e. The smallest absolute Gasteiger partial charge is 0.0756 e. The molecule has 2 heteroatoms. The van der Waals surface area contributed by atoms with Crippen molar-refractivity contribution < 1.29 is 4.74 Å². The van der Waals surface area contributed by atoms with E-state index >= 15 is 0 Å². The van der Waals surface area contributed by atoms with Crippen LogP contribution in [-0.4, -0.2) is 25.3 Å². The van der Waals surface area contributed by atoms with E-state index in [1.165, 1.54) is 19.3 Å². The molecule has 2 atom stereocenters. The van der Waals surface area contributed by atoms with Gasteiger partial charge < -0.3 is 10.1 Å². The minimum atomic E-state index is 0.408. The number of nitrogens with one attached hydrogen (secondary N) is 1. The Morgan fingerprint density at radius 1 is 1.35 bits per heavy atom. The van der Waals surface area contributed by atoms with Gasteiger partial charge in [0.05, 0.1) is 6.10 Å². The molecule has 0 radical (unpaired) electrons. The molecule has 0 aromatic carbocycles. The second-order valence-corrected chi connectivity index (χ2v) is 4.78. The van der Waals surface area contributed by atoms with E-state index in [0.717, 1.165) is 31.9 Å². The highest BCUT2D eigenvalue weighted by Crippen LogP contribution is 2.36. The van der Waals surface area contributed by atoms with Gasteiger partial charge in [-0.25, -0.2) is 0 Å². The Morgan fingerprint density at radius 2 is 2.12 bits per heavy atom. The van der Waals surface area contributed by atoms with Crippen LogP contribution in [0.15, 0.2) is 0 Å². The van der Waals surface area contributed by atoms with Crippen LogP contribution in [0.1, 0.15) is 52.9 Å². The van der Waals surface area contributed by atoms with E-state index in [0.29, 0.717) is 12.1 Å². The van der Waals surface area contributed by atoms with Crippen LogP contribution >= 0.6 is 0 Å². The first-order valence-corrected chi connectivity index (χ1v) is 7.08. The number of hydrogen-bond acceptors (Lipinski definition) is 2. The summed E-state index contributed by atoms with van der Waals surface area (Å²) in [6, 6.07) is 0.489. The summed E-state index contributed by atoms with van der Waals surface area (Å²) >= 11 is 0. The minimum absolute atomic E-state index is 0.408. The van der Waals surface area contributed by atoms with Gasteiger partial charge in [-0.3, -0.25) is 0 Å². The van der Waals surface area contributed by atoms with Gasteiger partial charge in [-0.15, -0.1) is 11.8 Å². The van der Waals surface area contributed by atoms with Crippen molar-refractivity contribution in [1.29, 1.82) is 0 Å². The first-order valence-electron chi connectivity index (χ1n) is 7.08. The summed E-state index contributed by atoms with van der Waals surface area (Å²) in [5, 5.41) is 3.64. The van der Waals surface area contributed by atoms with Crippen molar-refractivity contribution in [3.05, 3.63) is 0 Å². The molecule has 98 valence electrons. The normalized spacial score (nSPS) is 18.3. The lowest BCUT2D eigenvalue weighted by Crippen LogP contribution is -2.43. The van der Waals surface area contributed by atoms with Gasteiger partial charge in [-0.1, -0.05) is 6.92 Å². The second-order valence-electron chi connectivity index (χ2n) is 4.78. The molecule has 1 fully saturated rings. The zero-order valence-corrected chi connectivity index (χ0v) is 11.6. The summed E-state index contributed by atoms with van der Waals surface area (Å²) < 4.78 is 5.95. The zero-order chi connectivity index (χ0) is 12.5. The molecule has 2 nitrogen and oxygen atoms in total. The summed E-state index contributed by atoms with van der Waals surface area (Å²) in [6.07, 6.45) is 6.36. The average molecular weight is 237 g/mol. The molecule has 0 aromatic rings. The fourth-order valence-electron chi connectivity index (χ4n) is 2.26. The summed E-state index contributed by atoms with van der Waals surface area (Å²) in [7, 11) is 0. The predicted octanol–water partition coefficient (Wildman–Crippen LogP) is 2.97. The number of ether oxygens (including phenoxy) is 1. The van der Waals surface area contributed by atoms with E-state index in [-0.39, 0.29) is 0 Å². The molecule has 1 aliphatic carbocycles.